The van der Waals surface area contributed by atoms with Gasteiger partial charge in [-0.1, -0.05) is 11.1 Å². The smallest absolute Gasteiger partial charge is 0.307 e. The van der Waals surface area contributed by atoms with E-state index < -0.39 is 11.9 Å². The van der Waals surface area contributed by atoms with E-state index in [1.165, 1.54) is 0 Å². The van der Waals surface area contributed by atoms with Gasteiger partial charge in [0.15, 0.2) is 0 Å². The Hall–Kier alpha value is -1.32. The molecule has 1 saturated carbocycles. The van der Waals surface area contributed by atoms with Crippen molar-refractivity contribution in [3.63, 3.8) is 0 Å². The molecule has 4 heteroatoms. The quantitative estimate of drug-likeness (QED) is 0.692. The van der Waals surface area contributed by atoms with Crippen LogP contribution in [-0.4, -0.2) is 22.2 Å². The summed E-state index contributed by atoms with van der Waals surface area (Å²) >= 11 is 0. The molecule has 0 aromatic rings. The Morgan fingerprint density at radius 1 is 1.00 bits per heavy atom. The molecule has 0 heterocycles. The van der Waals surface area contributed by atoms with E-state index >= 15 is 0 Å². The first-order chi connectivity index (χ1) is 7.08. The van der Waals surface area contributed by atoms with Crippen LogP contribution in [0.3, 0.4) is 0 Å². The summed E-state index contributed by atoms with van der Waals surface area (Å²) in [6.07, 6.45) is 3.12. The second-order valence-electron chi connectivity index (χ2n) is 4.40. The summed E-state index contributed by atoms with van der Waals surface area (Å²) in [4.78, 5) is 21.4. The van der Waals surface area contributed by atoms with Gasteiger partial charge >= 0.3 is 11.9 Å². The summed E-state index contributed by atoms with van der Waals surface area (Å²) < 4.78 is 0. The van der Waals surface area contributed by atoms with E-state index in [0.29, 0.717) is 11.8 Å². The zero-order chi connectivity index (χ0) is 11.0. The lowest BCUT2D eigenvalue weighted by molar-refractivity contribution is -0.137. The summed E-state index contributed by atoms with van der Waals surface area (Å²) in [6, 6.07) is 0. The molecule has 0 saturated heterocycles. The van der Waals surface area contributed by atoms with Gasteiger partial charge in [0.25, 0.3) is 0 Å². The lowest BCUT2D eigenvalue weighted by atomic mass is 9.88. The van der Waals surface area contributed by atoms with Gasteiger partial charge in [-0.2, -0.15) is 0 Å². The van der Waals surface area contributed by atoms with Crippen molar-refractivity contribution in [3.8, 4) is 0 Å². The highest BCUT2D eigenvalue weighted by molar-refractivity contribution is 5.74. The first kappa shape index (κ1) is 10.2. The molecular formula is C11H14O4. The predicted octanol–water partition coefficient (Wildman–Crippen LogP) is 1.66. The molecule has 2 rings (SSSR count). The molecule has 0 radical (unpaired) electrons. The van der Waals surface area contributed by atoms with E-state index in [-0.39, 0.29) is 12.8 Å². The van der Waals surface area contributed by atoms with Gasteiger partial charge < -0.3 is 10.2 Å². The van der Waals surface area contributed by atoms with E-state index in [1.807, 2.05) is 0 Å². The molecule has 2 unspecified atom stereocenters. The number of hydrogen-bond acceptors (Lipinski definition) is 2. The molecule has 0 aromatic carbocycles. The van der Waals surface area contributed by atoms with Gasteiger partial charge in [0, 0.05) is 0 Å². The van der Waals surface area contributed by atoms with Gasteiger partial charge in [0.2, 0.25) is 0 Å². The molecule has 2 aliphatic rings. The average Bonchev–Trinajstić information content (AvgIpc) is 2.67. The maximum absolute atomic E-state index is 10.7. The largest absolute Gasteiger partial charge is 0.481 e. The van der Waals surface area contributed by atoms with Gasteiger partial charge in [0.1, 0.15) is 0 Å². The van der Waals surface area contributed by atoms with Gasteiger partial charge in [-0.25, -0.2) is 0 Å². The maximum Gasteiger partial charge on any atom is 0.307 e. The van der Waals surface area contributed by atoms with Crippen molar-refractivity contribution in [3.05, 3.63) is 11.1 Å². The SMILES string of the molecule is O=C(O)CC1=C(CC(=O)O)C2CCC1C2. The molecule has 15 heavy (non-hydrogen) atoms. The highest BCUT2D eigenvalue weighted by Crippen LogP contribution is 2.50. The second-order valence-corrected chi connectivity index (χ2v) is 4.40. The number of rotatable bonds is 4. The van der Waals surface area contributed by atoms with E-state index in [1.54, 1.807) is 0 Å². The fourth-order valence-electron chi connectivity index (χ4n) is 2.98. The third-order valence-electron chi connectivity index (χ3n) is 3.51. The molecule has 1 fully saturated rings. The van der Waals surface area contributed by atoms with E-state index in [4.69, 9.17) is 10.2 Å². The van der Waals surface area contributed by atoms with Crippen LogP contribution in [0.2, 0.25) is 0 Å². The van der Waals surface area contributed by atoms with Crippen LogP contribution in [-0.2, 0) is 9.59 Å². The van der Waals surface area contributed by atoms with Crippen LogP contribution in [0.1, 0.15) is 32.1 Å². The van der Waals surface area contributed by atoms with Crippen LogP contribution in [0.25, 0.3) is 0 Å². The molecule has 82 valence electrons. The van der Waals surface area contributed by atoms with Crippen molar-refractivity contribution < 1.29 is 19.8 Å². The normalized spacial score (nSPS) is 28.5. The van der Waals surface area contributed by atoms with Crippen LogP contribution < -0.4 is 0 Å². The molecule has 0 spiro atoms. The van der Waals surface area contributed by atoms with Gasteiger partial charge in [-0.15, -0.1) is 0 Å². The van der Waals surface area contributed by atoms with Crippen LogP contribution in [0.5, 0.6) is 0 Å². The van der Waals surface area contributed by atoms with Crippen molar-refractivity contribution in [2.75, 3.05) is 0 Å². The Morgan fingerprint density at radius 2 is 1.40 bits per heavy atom. The molecule has 2 bridgehead atoms. The number of fused-ring (bicyclic) bond motifs is 2. The summed E-state index contributed by atoms with van der Waals surface area (Å²) in [5, 5.41) is 17.5. The molecule has 2 N–H and O–H groups in total. The Morgan fingerprint density at radius 3 is 1.73 bits per heavy atom. The van der Waals surface area contributed by atoms with E-state index in [0.717, 1.165) is 30.4 Å². The summed E-state index contributed by atoms with van der Waals surface area (Å²) in [5.41, 5.74) is 1.81. The summed E-state index contributed by atoms with van der Waals surface area (Å²) in [6.45, 7) is 0. The average molecular weight is 210 g/mol. The predicted molar refractivity (Wildman–Crippen MR) is 52.4 cm³/mol. The lowest BCUT2D eigenvalue weighted by Gasteiger charge is -2.17. The number of hydrogen-bond donors (Lipinski definition) is 2. The van der Waals surface area contributed by atoms with Crippen LogP contribution in [0.15, 0.2) is 11.1 Å². The Kier molecular flexibility index (Phi) is 2.50. The Bertz CT molecular complexity index is 310. The van der Waals surface area contributed by atoms with Crippen molar-refractivity contribution in [2.24, 2.45) is 11.8 Å². The minimum absolute atomic E-state index is 0.0315. The monoisotopic (exact) mass is 210 g/mol. The summed E-state index contributed by atoms with van der Waals surface area (Å²) in [7, 11) is 0. The van der Waals surface area contributed by atoms with Crippen molar-refractivity contribution >= 4 is 11.9 Å². The molecule has 2 aliphatic carbocycles. The minimum Gasteiger partial charge on any atom is -0.481 e. The van der Waals surface area contributed by atoms with Crippen LogP contribution >= 0.6 is 0 Å². The third kappa shape index (κ3) is 1.89. The number of aliphatic carboxylic acids is 2. The molecule has 4 nitrogen and oxygen atoms in total. The van der Waals surface area contributed by atoms with Crippen LogP contribution in [0.4, 0.5) is 0 Å². The first-order valence-electron chi connectivity index (χ1n) is 5.23. The van der Waals surface area contributed by atoms with Gasteiger partial charge in [0.05, 0.1) is 12.8 Å². The lowest BCUT2D eigenvalue weighted by Crippen LogP contribution is -2.10. The van der Waals surface area contributed by atoms with Crippen molar-refractivity contribution in [1.29, 1.82) is 0 Å². The minimum atomic E-state index is -0.847. The fourth-order valence-corrected chi connectivity index (χ4v) is 2.98. The molecule has 0 aliphatic heterocycles. The third-order valence-corrected chi connectivity index (χ3v) is 3.51. The maximum atomic E-state index is 10.7. The van der Waals surface area contributed by atoms with E-state index in [2.05, 4.69) is 0 Å². The van der Waals surface area contributed by atoms with E-state index in [9.17, 15) is 9.59 Å². The topological polar surface area (TPSA) is 74.6 Å². The number of carboxylic acids is 2. The van der Waals surface area contributed by atoms with Crippen molar-refractivity contribution in [2.45, 2.75) is 32.1 Å². The summed E-state index contributed by atoms with van der Waals surface area (Å²) in [5.74, 6) is -0.998. The second kappa shape index (κ2) is 3.68. The molecule has 0 amide bonds. The van der Waals surface area contributed by atoms with Gasteiger partial charge in [-0.3, -0.25) is 9.59 Å². The number of carbonyl (C=O) groups is 2. The highest BCUT2D eigenvalue weighted by atomic mass is 16.4. The van der Waals surface area contributed by atoms with Crippen LogP contribution in [0, 0.1) is 11.8 Å². The number of carboxylic acid groups (broad SMARTS) is 2. The molecular weight excluding hydrogens is 196 g/mol. The van der Waals surface area contributed by atoms with Crippen molar-refractivity contribution in [1.82, 2.24) is 0 Å². The first-order valence-corrected chi connectivity index (χ1v) is 5.23. The molecule has 0 aromatic heterocycles. The molecule has 2 atom stereocenters. The zero-order valence-electron chi connectivity index (χ0n) is 8.40. The standard InChI is InChI=1S/C11H14O4/c12-10(13)4-8-6-1-2-7(3-6)9(8)5-11(14)15/h6-7H,1-5H2,(H,12,13)(H,14,15). The van der Waals surface area contributed by atoms with Gasteiger partial charge in [-0.05, 0) is 31.1 Å². The Labute approximate surface area is 87.6 Å². The highest BCUT2D eigenvalue weighted by Gasteiger charge is 2.39. The Balaban J connectivity index is 2.22. The zero-order valence-corrected chi connectivity index (χ0v) is 8.40. The fraction of sp³-hybridized carbons (Fsp3) is 0.636.